The van der Waals surface area contributed by atoms with Gasteiger partial charge in [-0.3, -0.25) is 9.59 Å². The van der Waals surface area contributed by atoms with Crippen molar-refractivity contribution in [3.63, 3.8) is 0 Å². The minimum Gasteiger partial charge on any atom is -0.354 e. The van der Waals surface area contributed by atoms with E-state index in [-0.39, 0.29) is 17.8 Å². The third-order valence-corrected chi connectivity index (χ3v) is 5.25. The molecular formula is C22H23FN4O2. The summed E-state index contributed by atoms with van der Waals surface area (Å²) in [4.78, 5) is 27.6. The number of anilines is 2. The van der Waals surface area contributed by atoms with Gasteiger partial charge in [0.15, 0.2) is 5.82 Å². The lowest BCUT2D eigenvalue weighted by Crippen LogP contribution is -2.38. The Morgan fingerprint density at radius 1 is 1.17 bits per heavy atom. The average molecular weight is 394 g/mol. The summed E-state index contributed by atoms with van der Waals surface area (Å²) >= 11 is 0. The Labute approximate surface area is 167 Å². The van der Waals surface area contributed by atoms with E-state index in [4.69, 9.17) is 0 Å². The normalized spacial score (nSPS) is 16.8. The number of hydrogen-bond donors (Lipinski definition) is 1. The van der Waals surface area contributed by atoms with Crippen LogP contribution in [0.4, 0.5) is 15.9 Å². The Bertz CT molecular complexity index is 1110. The van der Waals surface area contributed by atoms with Gasteiger partial charge in [-0.2, -0.15) is 5.10 Å². The molecule has 0 unspecified atom stereocenters. The zero-order valence-corrected chi connectivity index (χ0v) is 16.3. The third kappa shape index (κ3) is 3.99. The van der Waals surface area contributed by atoms with Crippen molar-refractivity contribution in [3.05, 3.63) is 64.7 Å². The highest BCUT2D eigenvalue weighted by Gasteiger charge is 2.22. The minimum absolute atomic E-state index is 0.0800. The van der Waals surface area contributed by atoms with E-state index < -0.39 is 11.7 Å². The molecule has 0 bridgehead atoms. The molecule has 1 saturated heterocycles. The van der Waals surface area contributed by atoms with Gasteiger partial charge < -0.3 is 10.2 Å². The number of amides is 1. The van der Waals surface area contributed by atoms with E-state index in [2.05, 4.69) is 22.2 Å². The van der Waals surface area contributed by atoms with E-state index >= 15 is 0 Å². The van der Waals surface area contributed by atoms with E-state index in [0.717, 1.165) is 24.9 Å². The lowest BCUT2D eigenvalue weighted by Gasteiger charge is -2.32. The van der Waals surface area contributed by atoms with E-state index in [9.17, 15) is 14.0 Å². The summed E-state index contributed by atoms with van der Waals surface area (Å²) in [6.45, 7) is 3.64. The van der Waals surface area contributed by atoms with Gasteiger partial charge in [0, 0.05) is 18.5 Å². The van der Waals surface area contributed by atoms with Gasteiger partial charge >= 0.3 is 0 Å². The van der Waals surface area contributed by atoms with Gasteiger partial charge in [-0.05, 0) is 37.0 Å². The van der Waals surface area contributed by atoms with E-state index in [1.165, 1.54) is 23.2 Å². The van der Waals surface area contributed by atoms with Crippen LogP contribution in [0, 0.1) is 11.7 Å². The first-order valence-electron chi connectivity index (χ1n) is 9.82. The van der Waals surface area contributed by atoms with E-state index in [1.807, 2.05) is 12.1 Å². The fraction of sp³-hybridized carbons (Fsp3) is 0.318. The highest BCUT2D eigenvalue weighted by Crippen LogP contribution is 2.26. The van der Waals surface area contributed by atoms with E-state index in [0.29, 0.717) is 17.1 Å². The standard InChI is InChI=1S/C22H23FN4O2/c1-15-7-6-12-26(13-15)21-16-8-2-3-9-17(16)22(29)27(25-21)14-20(28)24-19-11-5-4-10-18(19)23/h2-5,8-11,15H,6-7,12-14H2,1H3,(H,24,28)/t15-/m0/s1. The van der Waals surface area contributed by atoms with Crippen molar-refractivity contribution in [1.29, 1.82) is 0 Å². The smallest absolute Gasteiger partial charge is 0.275 e. The number of fused-ring (bicyclic) bond motifs is 1. The van der Waals surface area contributed by atoms with E-state index in [1.54, 1.807) is 24.3 Å². The molecule has 4 rings (SSSR count). The lowest BCUT2D eigenvalue weighted by molar-refractivity contribution is -0.117. The molecule has 1 aliphatic heterocycles. The van der Waals surface area contributed by atoms with Crippen LogP contribution in [0.25, 0.3) is 10.8 Å². The lowest BCUT2D eigenvalue weighted by atomic mass is 10.00. The predicted molar refractivity (Wildman–Crippen MR) is 112 cm³/mol. The van der Waals surface area contributed by atoms with Gasteiger partial charge in [0.05, 0.1) is 11.1 Å². The molecule has 3 aromatic rings. The van der Waals surface area contributed by atoms with Crippen LogP contribution in [0.5, 0.6) is 0 Å². The number of nitrogens with one attached hydrogen (secondary N) is 1. The second kappa shape index (κ2) is 8.03. The van der Waals surface area contributed by atoms with Gasteiger partial charge in [0.2, 0.25) is 5.91 Å². The number of aromatic nitrogens is 2. The highest BCUT2D eigenvalue weighted by molar-refractivity contribution is 5.93. The van der Waals surface area contributed by atoms with Crippen molar-refractivity contribution in [3.8, 4) is 0 Å². The number of para-hydroxylation sites is 1. The summed E-state index contributed by atoms with van der Waals surface area (Å²) in [5, 5.41) is 8.36. The number of benzene rings is 2. The van der Waals surface area contributed by atoms with Crippen LogP contribution in [0.1, 0.15) is 19.8 Å². The molecule has 2 aromatic carbocycles. The Hall–Kier alpha value is -3.22. The Balaban J connectivity index is 1.69. The van der Waals surface area contributed by atoms with Gasteiger partial charge in [-0.15, -0.1) is 0 Å². The highest BCUT2D eigenvalue weighted by atomic mass is 19.1. The topological polar surface area (TPSA) is 67.2 Å². The van der Waals surface area contributed by atoms with Crippen LogP contribution in [-0.4, -0.2) is 28.8 Å². The molecule has 150 valence electrons. The minimum atomic E-state index is -0.525. The molecule has 7 heteroatoms. The van der Waals surface area contributed by atoms with Gasteiger partial charge in [0.1, 0.15) is 12.4 Å². The molecule has 6 nitrogen and oxygen atoms in total. The van der Waals surface area contributed by atoms with Crippen LogP contribution in [0.2, 0.25) is 0 Å². The number of carbonyl (C=O) groups is 1. The fourth-order valence-electron chi connectivity index (χ4n) is 3.83. The van der Waals surface area contributed by atoms with Crippen LogP contribution in [0.15, 0.2) is 53.3 Å². The van der Waals surface area contributed by atoms with Crippen LogP contribution in [-0.2, 0) is 11.3 Å². The Morgan fingerprint density at radius 3 is 2.66 bits per heavy atom. The summed E-state index contributed by atoms with van der Waals surface area (Å²) in [7, 11) is 0. The Morgan fingerprint density at radius 2 is 1.90 bits per heavy atom. The van der Waals surface area contributed by atoms with Crippen molar-refractivity contribution in [2.75, 3.05) is 23.3 Å². The maximum Gasteiger partial charge on any atom is 0.275 e. The van der Waals surface area contributed by atoms with Crippen LogP contribution >= 0.6 is 0 Å². The number of nitrogens with zero attached hydrogens (tertiary/aromatic N) is 3. The molecule has 0 aliphatic carbocycles. The van der Waals surface area contributed by atoms with Gasteiger partial charge in [-0.25, -0.2) is 9.07 Å². The second-order valence-electron chi connectivity index (χ2n) is 7.55. The molecule has 1 atom stereocenters. The molecule has 1 aliphatic rings. The predicted octanol–water partition coefficient (Wildman–Crippen LogP) is 3.41. The van der Waals surface area contributed by atoms with Crippen molar-refractivity contribution >= 4 is 28.2 Å². The Kier molecular flexibility index (Phi) is 5.29. The summed E-state index contributed by atoms with van der Waals surface area (Å²) in [6, 6.07) is 13.3. The zero-order chi connectivity index (χ0) is 20.4. The molecule has 2 heterocycles. The summed E-state index contributed by atoms with van der Waals surface area (Å²) in [6.07, 6.45) is 2.23. The molecular weight excluding hydrogens is 371 g/mol. The maximum atomic E-state index is 13.8. The molecule has 0 spiro atoms. The summed E-state index contributed by atoms with van der Waals surface area (Å²) in [5.74, 6) is 0.222. The molecule has 0 radical (unpaired) electrons. The molecule has 0 saturated carbocycles. The SMILES string of the molecule is C[C@H]1CCCN(c2nn(CC(=O)Nc3ccccc3F)c(=O)c3ccccc23)C1. The maximum absolute atomic E-state index is 13.8. The van der Waals surface area contributed by atoms with Gasteiger partial charge in [0.25, 0.3) is 5.56 Å². The first kappa shape index (κ1) is 19.1. The average Bonchev–Trinajstić information content (AvgIpc) is 2.72. The summed E-state index contributed by atoms with van der Waals surface area (Å²) in [5.41, 5.74) is -0.255. The number of carbonyl (C=O) groups excluding carboxylic acids is 1. The molecule has 29 heavy (non-hydrogen) atoms. The van der Waals surface area contributed by atoms with Crippen molar-refractivity contribution in [2.24, 2.45) is 5.92 Å². The zero-order valence-electron chi connectivity index (χ0n) is 16.3. The van der Waals surface area contributed by atoms with Gasteiger partial charge in [-0.1, -0.05) is 37.3 Å². The van der Waals surface area contributed by atoms with Crippen LogP contribution < -0.4 is 15.8 Å². The second-order valence-corrected chi connectivity index (χ2v) is 7.55. The first-order valence-corrected chi connectivity index (χ1v) is 9.82. The van der Waals surface area contributed by atoms with Crippen molar-refractivity contribution < 1.29 is 9.18 Å². The fourth-order valence-corrected chi connectivity index (χ4v) is 3.83. The number of rotatable bonds is 4. The third-order valence-electron chi connectivity index (χ3n) is 5.25. The molecule has 1 fully saturated rings. The number of hydrogen-bond acceptors (Lipinski definition) is 4. The molecule has 1 amide bonds. The monoisotopic (exact) mass is 394 g/mol. The number of halogens is 1. The molecule has 1 aromatic heterocycles. The number of piperidine rings is 1. The summed E-state index contributed by atoms with van der Waals surface area (Å²) < 4.78 is 15.0. The largest absolute Gasteiger partial charge is 0.354 e. The van der Waals surface area contributed by atoms with Crippen LogP contribution in [0.3, 0.4) is 0 Å². The van der Waals surface area contributed by atoms with Crippen molar-refractivity contribution in [2.45, 2.75) is 26.3 Å². The molecule has 1 N–H and O–H groups in total. The quantitative estimate of drug-likeness (QED) is 0.736. The first-order chi connectivity index (χ1) is 14.0. The van der Waals surface area contributed by atoms with Crippen molar-refractivity contribution in [1.82, 2.24) is 9.78 Å².